The van der Waals surface area contributed by atoms with E-state index in [1.165, 1.54) is 24.6 Å². The quantitative estimate of drug-likeness (QED) is 0.703. The molecule has 0 aliphatic carbocycles. The Morgan fingerprint density at radius 3 is 2.68 bits per heavy atom. The van der Waals surface area contributed by atoms with Crippen molar-refractivity contribution in [1.29, 1.82) is 0 Å². The first-order chi connectivity index (χ1) is 12.1. The van der Waals surface area contributed by atoms with Crippen molar-refractivity contribution in [2.24, 2.45) is 0 Å². The topological polar surface area (TPSA) is 36.4 Å². The molecule has 1 aromatic heterocycles. The van der Waals surface area contributed by atoms with Gasteiger partial charge in [-0.2, -0.15) is 0 Å². The number of likely N-dealkylation sites (N-methyl/N-ethyl adjacent to an activating group) is 1. The molecule has 0 spiro atoms. The zero-order valence-electron chi connectivity index (χ0n) is 14.3. The van der Waals surface area contributed by atoms with E-state index in [0.717, 1.165) is 40.6 Å². The molecule has 0 bridgehead atoms. The standard InChI is InChI=1S/C19H22BrN3OS/c1-22(13-14-23-11-2-3-12-23)19(24)17-5-4-10-21-18(17)25-16-8-6-15(20)7-9-16/h4-10H,2-3,11-14H2,1H3. The maximum atomic E-state index is 12.9. The van der Waals surface area contributed by atoms with Crippen LogP contribution >= 0.6 is 27.7 Å². The van der Waals surface area contributed by atoms with Gasteiger partial charge in [0.1, 0.15) is 5.03 Å². The van der Waals surface area contributed by atoms with E-state index in [1.54, 1.807) is 11.1 Å². The van der Waals surface area contributed by atoms with Crippen molar-refractivity contribution in [1.82, 2.24) is 14.8 Å². The van der Waals surface area contributed by atoms with Crippen LogP contribution in [0.1, 0.15) is 23.2 Å². The van der Waals surface area contributed by atoms with E-state index in [1.807, 2.05) is 43.4 Å². The first-order valence-electron chi connectivity index (χ1n) is 8.50. The molecule has 0 atom stereocenters. The summed E-state index contributed by atoms with van der Waals surface area (Å²) in [5.74, 6) is 0.0342. The molecule has 0 unspecified atom stereocenters. The predicted octanol–water partition coefficient (Wildman–Crippen LogP) is 4.16. The normalized spacial score (nSPS) is 14.6. The summed E-state index contributed by atoms with van der Waals surface area (Å²) in [5, 5.41) is 0.753. The second kappa shape index (κ2) is 8.83. The number of benzene rings is 1. The highest BCUT2D eigenvalue weighted by molar-refractivity contribution is 9.10. The van der Waals surface area contributed by atoms with Crippen LogP contribution in [0.5, 0.6) is 0 Å². The van der Waals surface area contributed by atoms with Gasteiger partial charge in [0.15, 0.2) is 0 Å². The molecular weight excluding hydrogens is 398 g/mol. The molecule has 25 heavy (non-hydrogen) atoms. The van der Waals surface area contributed by atoms with Crippen LogP contribution < -0.4 is 0 Å². The highest BCUT2D eigenvalue weighted by Crippen LogP contribution is 2.30. The Morgan fingerprint density at radius 1 is 1.24 bits per heavy atom. The van der Waals surface area contributed by atoms with Crippen LogP contribution in [0.25, 0.3) is 0 Å². The van der Waals surface area contributed by atoms with Crippen molar-refractivity contribution in [3.8, 4) is 0 Å². The first-order valence-corrected chi connectivity index (χ1v) is 10.1. The molecule has 0 saturated carbocycles. The van der Waals surface area contributed by atoms with Gasteiger partial charge in [0.05, 0.1) is 5.56 Å². The molecule has 6 heteroatoms. The third kappa shape index (κ3) is 5.06. The second-order valence-electron chi connectivity index (χ2n) is 6.19. The number of amides is 1. The number of nitrogens with zero attached hydrogens (tertiary/aromatic N) is 3. The highest BCUT2D eigenvalue weighted by atomic mass is 79.9. The Hall–Kier alpha value is -1.37. The molecule has 1 saturated heterocycles. The monoisotopic (exact) mass is 419 g/mol. The summed E-state index contributed by atoms with van der Waals surface area (Å²) < 4.78 is 1.04. The minimum atomic E-state index is 0.0342. The zero-order chi connectivity index (χ0) is 17.6. The van der Waals surface area contributed by atoms with Gasteiger partial charge in [-0.25, -0.2) is 4.98 Å². The van der Waals surface area contributed by atoms with Crippen LogP contribution in [0.2, 0.25) is 0 Å². The summed E-state index contributed by atoms with van der Waals surface area (Å²) in [6.07, 6.45) is 4.28. The van der Waals surface area contributed by atoms with Crippen LogP contribution in [0.15, 0.2) is 57.0 Å². The summed E-state index contributed by atoms with van der Waals surface area (Å²) in [6.45, 7) is 3.99. The van der Waals surface area contributed by atoms with Gasteiger partial charge in [-0.15, -0.1) is 0 Å². The molecule has 1 aliphatic heterocycles. The van der Waals surface area contributed by atoms with E-state index in [-0.39, 0.29) is 5.91 Å². The lowest BCUT2D eigenvalue weighted by Gasteiger charge is -2.22. The van der Waals surface area contributed by atoms with E-state index in [2.05, 4.69) is 25.8 Å². The average molecular weight is 420 g/mol. The van der Waals surface area contributed by atoms with E-state index in [4.69, 9.17) is 0 Å². The van der Waals surface area contributed by atoms with Crippen LogP contribution in [0.4, 0.5) is 0 Å². The summed E-state index contributed by atoms with van der Waals surface area (Å²) in [7, 11) is 1.87. The number of rotatable bonds is 6. The molecule has 1 amide bonds. The van der Waals surface area contributed by atoms with Gasteiger partial charge in [0, 0.05) is 35.7 Å². The minimum absolute atomic E-state index is 0.0342. The third-order valence-electron chi connectivity index (χ3n) is 4.33. The number of likely N-dealkylation sites (tertiary alicyclic amines) is 1. The van der Waals surface area contributed by atoms with Crippen molar-refractivity contribution in [2.75, 3.05) is 33.2 Å². The third-order valence-corrected chi connectivity index (χ3v) is 5.88. The zero-order valence-corrected chi connectivity index (χ0v) is 16.7. The maximum absolute atomic E-state index is 12.9. The molecule has 2 aromatic rings. The summed E-state index contributed by atoms with van der Waals surface area (Å²) >= 11 is 4.97. The lowest BCUT2D eigenvalue weighted by atomic mass is 10.2. The Labute approximate surface area is 161 Å². The van der Waals surface area contributed by atoms with E-state index in [9.17, 15) is 4.79 Å². The smallest absolute Gasteiger partial charge is 0.256 e. The van der Waals surface area contributed by atoms with Gasteiger partial charge in [0.2, 0.25) is 0 Å². The molecule has 1 aliphatic rings. The number of hydrogen-bond donors (Lipinski definition) is 0. The lowest BCUT2D eigenvalue weighted by Crippen LogP contribution is -2.35. The average Bonchev–Trinajstić information content (AvgIpc) is 3.15. The lowest BCUT2D eigenvalue weighted by molar-refractivity contribution is 0.0778. The van der Waals surface area contributed by atoms with Crippen molar-refractivity contribution in [3.05, 3.63) is 52.6 Å². The van der Waals surface area contributed by atoms with Gasteiger partial charge in [-0.05, 0) is 62.3 Å². The van der Waals surface area contributed by atoms with E-state index < -0.39 is 0 Å². The van der Waals surface area contributed by atoms with Gasteiger partial charge in [0.25, 0.3) is 5.91 Å². The molecule has 1 aromatic carbocycles. The number of aromatic nitrogens is 1. The highest BCUT2D eigenvalue weighted by Gasteiger charge is 2.19. The summed E-state index contributed by atoms with van der Waals surface area (Å²) in [4.78, 5) is 22.6. The van der Waals surface area contributed by atoms with Crippen molar-refractivity contribution < 1.29 is 4.79 Å². The molecule has 0 radical (unpaired) electrons. The summed E-state index contributed by atoms with van der Waals surface area (Å²) in [5.41, 5.74) is 0.666. The Balaban J connectivity index is 1.68. The van der Waals surface area contributed by atoms with Gasteiger partial charge >= 0.3 is 0 Å². The number of carbonyl (C=O) groups is 1. The number of pyridine rings is 1. The second-order valence-corrected chi connectivity index (χ2v) is 8.17. The van der Waals surface area contributed by atoms with E-state index in [0.29, 0.717) is 5.56 Å². The Morgan fingerprint density at radius 2 is 1.96 bits per heavy atom. The van der Waals surface area contributed by atoms with Crippen molar-refractivity contribution in [3.63, 3.8) is 0 Å². The van der Waals surface area contributed by atoms with Gasteiger partial charge < -0.3 is 9.80 Å². The van der Waals surface area contributed by atoms with Crippen LogP contribution in [-0.2, 0) is 0 Å². The fourth-order valence-electron chi connectivity index (χ4n) is 2.85. The van der Waals surface area contributed by atoms with Crippen molar-refractivity contribution in [2.45, 2.75) is 22.8 Å². The molecular formula is C19H22BrN3OS. The molecule has 1 fully saturated rings. The SMILES string of the molecule is CN(CCN1CCCC1)C(=O)c1cccnc1Sc1ccc(Br)cc1. The van der Waals surface area contributed by atoms with E-state index >= 15 is 0 Å². The van der Waals surface area contributed by atoms with Gasteiger partial charge in [-0.3, -0.25) is 4.79 Å². The fraction of sp³-hybridized carbons (Fsp3) is 0.368. The number of hydrogen-bond acceptors (Lipinski definition) is 4. The maximum Gasteiger partial charge on any atom is 0.256 e. The molecule has 2 heterocycles. The van der Waals surface area contributed by atoms with Crippen LogP contribution in [0, 0.1) is 0 Å². The summed E-state index contributed by atoms with van der Waals surface area (Å²) in [6, 6.07) is 11.7. The Kier molecular flexibility index (Phi) is 6.51. The molecule has 3 rings (SSSR count). The van der Waals surface area contributed by atoms with Crippen molar-refractivity contribution >= 4 is 33.6 Å². The number of halogens is 1. The fourth-order valence-corrected chi connectivity index (χ4v) is 3.99. The number of carbonyl (C=O) groups excluding carboxylic acids is 1. The largest absolute Gasteiger partial charge is 0.340 e. The first kappa shape index (κ1) is 18.4. The van der Waals surface area contributed by atoms with Crippen LogP contribution in [0.3, 0.4) is 0 Å². The minimum Gasteiger partial charge on any atom is -0.340 e. The molecule has 0 N–H and O–H groups in total. The predicted molar refractivity (Wildman–Crippen MR) is 105 cm³/mol. The Bertz CT molecular complexity index is 717. The van der Waals surface area contributed by atoms with Crippen LogP contribution in [-0.4, -0.2) is 53.9 Å². The molecule has 132 valence electrons. The molecule has 4 nitrogen and oxygen atoms in total. The van der Waals surface area contributed by atoms with Gasteiger partial charge in [-0.1, -0.05) is 27.7 Å².